The number of hydrogen-bond acceptors (Lipinski definition) is 11. The molecule has 0 saturated carbocycles. The highest BCUT2D eigenvalue weighted by Gasteiger charge is 2.17. The summed E-state index contributed by atoms with van der Waals surface area (Å²) in [5, 5.41) is 12.0. The number of anilines is 4. The van der Waals surface area contributed by atoms with Gasteiger partial charge in [0.25, 0.3) is 0 Å². The Kier molecular flexibility index (Phi) is 9.59. The lowest BCUT2D eigenvalue weighted by Crippen LogP contribution is -2.38. The molecule has 11 nitrogen and oxygen atoms in total. The fourth-order valence-corrected chi connectivity index (χ4v) is 4.71. The van der Waals surface area contributed by atoms with E-state index < -0.39 is 0 Å². The molecular weight excluding hydrogens is 506 g/mol. The molecule has 0 radical (unpaired) electrons. The Morgan fingerprint density at radius 1 is 0.789 bits per heavy atom. The lowest BCUT2D eigenvalue weighted by atomic mass is 10.2. The molecule has 2 aliphatic rings. The van der Waals surface area contributed by atoms with E-state index >= 15 is 0 Å². The van der Waals surface area contributed by atoms with Crippen molar-refractivity contribution in [2.24, 2.45) is 0 Å². The van der Waals surface area contributed by atoms with E-state index in [4.69, 9.17) is 31.0 Å². The molecule has 2 aromatic heterocycles. The van der Waals surface area contributed by atoms with E-state index in [2.05, 4.69) is 35.7 Å². The minimum Gasteiger partial charge on any atom is -0.384 e. The summed E-state index contributed by atoms with van der Waals surface area (Å²) in [6.07, 6.45) is 3.70. The quantitative estimate of drug-likeness (QED) is 0.294. The van der Waals surface area contributed by atoms with Crippen molar-refractivity contribution < 1.29 is 9.47 Å². The van der Waals surface area contributed by atoms with Gasteiger partial charge in [0.2, 0.25) is 17.8 Å². The van der Waals surface area contributed by atoms with Crippen LogP contribution in [0.15, 0.2) is 30.5 Å². The molecule has 0 spiro atoms. The Balaban J connectivity index is 1.14. The van der Waals surface area contributed by atoms with Crippen LogP contribution in [0.3, 0.4) is 0 Å². The van der Waals surface area contributed by atoms with Gasteiger partial charge in [0.15, 0.2) is 0 Å². The molecule has 2 fully saturated rings. The topological polar surface area (TPSA) is 113 Å². The maximum absolute atomic E-state index is 6.11. The second-order valence-electron chi connectivity index (χ2n) is 9.34. The fraction of sp³-hybridized carbons (Fsp3) is 0.538. The smallest absolute Gasteiger partial charge is 0.232 e. The third-order valence-corrected chi connectivity index (χ3v) is 6.85. The highest BCUT2D eigenvalue weighted by molar-refractivity contribution is 6.31. The third kappa shape index (κ3) is 7.53. The number of nitrogens with one attached hydrogen (secondary N) is 3. The van der Waals surface area contributed by atoms with Crippen LogP contribution in [0.4, 0.5) is 23.5 Å². The van der Waals surface area contributed by atoms with Gasteiger partial charge in [-0.15, -0.1) is 0 Å². The largest absolute Gasteiger partial charge is 0.384 e. The number of pyridine rings is 1. The summed E-state index contributed by atoms with van der Waals surface area (Å²) in [6, 6.07) is 7.75. The van der Waals surface area contributed by atoms with E-state index in [0.717, 1.165) is 95.0 Å². The normalized spacial score (nSPS) is 16.5. The van der Waals surface area contributed by atoms with E-state index in [1.807, 2.05) is 24.3 Å². The predicted molar refractivity (Wildman–Crippen MR) is 152 cm³/mol. The number of morpholine rings is 2. The van der Waals surface area contributed by atoms with Crippen molar-refractivity contribution in [3.63, 3.8) is 0 Å². The Bertz CT molecular complexity index is 1170. The molecule has 12 heteroatoms. The van der Waals surface area contributed by atoms with Gasteiger partial charge in [0, 0.05) is 68.1 Å². The average Bonchev–Trinajstić information content (AvgIpc) is 2.96. The Labute approximate surface area is 228 Å². The number of nitrogens with zero attached hydrogens (tertiary/aromatic N) is 6. The first-order chi connectivity index (χ1) is 18.7. The zero-order valence-corrected chi connectivity index (χ0v) is 22.4. The Morgan fingerprint density at radius 3 is 2.24 bits per heavy atom. The van der Waals surface area contributed by atoms with Crippen LogP contribution < -0.4 is 20.9 Å². The van der Waals surface area contributed by atoms with Gasteiger partial charge in [-0.1, -0.05) is 11.6 Å². The second-order valence-corrected chi connectivity index (χ2v) is 9.78. The predicted octanol–water partition coefficient (Wildman–Crippen LogP) is 2.96. The summed E-state index contributed by atoms with van der Waals surface area (Å²) in [6.45, 7) is 9.91. The summed E-state index contributed by atoms with van der Waals surface area (Å²) in [5.41, 5.74) is 1.93. The van der Waals surface area contributed by atoms with Gasteiger partial charge in [-0.3, -0.25) is 9.88 Å². The number of rotatable bonds is 12. The molecular formula is C26H36ClN9O2. The van der Waals surface area contributed by atoms with Gasteiger partial charge in [-0.25, -0.2) is 0 Å². The van der Waals surface area contributed by atoms with Gasteiger partial charge >= 0.3 is 0 Å². The van der Waals surface area contributed by atoms with Crippen LogP contribution in [0.25, 0.3) is 10.9 Å². The average molecular weight is 542 g/mol. The summed E-state index contributed by atoms with van der Waals surface area (Å²) < 4.78 is 10.9. The highest BCUT2D eigenvalue weighted by Crippen LogP contribution is 2.24. The minimum atomic E-state index is 0.584. The molecule has 0 bridgehead atoms. The molecule has 1 aromatic carbocycles. The molecule has 0 unspecified atom stereocenters. The van der Waals surface area contributed by atoms with Crippen LogP contribution in [0.5, 0.6) is 0 Å². The Morgan fingerprint density at radius 2 is 1.47 bits per heavy atom. The number of halogens is 1. The van der Waals surface area contributed by atoms with E-state index in [1.165, 1.54) is 0 Å². The first-order valence-corrected chi connectivity index (χ1v) is 13.8. The SMILES string of the molecule is Clc1ccc2c(NCCCNc3nc(NCCCN4CCOCC4)nc(N4CCOCC4)n3)ccnc2c1. The van der Waals surface area contributed by atoms with E-state index in [0.29, 0.717) is 36.1 Å². The molecule has 3 aromatic rings. The number of benzene rings is 1. The summed E-state index contributed by atoms with van der Waals surface area (Å²) in [7, 11) is 0. The van der Waals surface area contributed by atoms with Gasteiger partial charge < -0.3 is 30.3 Å². The Hall–Kier alpha value is -2.99. The summed E-state index contributed by atoms with van der Waals surface area (Å²) in [4.78, 5) is 23.0. The van der Waals surface area contributed by atoms with E-state index in [1.54, 1.807) is 6.20 Å². The molecule has 0 aliphatic carbocycles. The van der Waals surface area contributed by atoms with Gasteiger partial charge in [0.1, 0.15) is 0 Å². The van der Waals surface area contributed by atoms with Crippen molar-refractivity contribution in [1.29, 1.82) is 0 Å². The summed E-state index contributed by atoms with van der Waals surface area (Å²) in [5.74, 6) is 1.87. The minimum absolute atomic E-state index is 0.584. The molecule has 38 heavy (non-hydrogen) atoms. The highest BCUT2D eigenvalue weighted by atomic mass is 35.5. The standard InChI is InChI=1S/C26H36ClN9O2/c27-20-3-4-21-22(5-9-29-23(21)19-20)28-6-1-7-30-24-32-25(31-8-2-10-35-11-15-37-16-12-35)34-26(33-24)36-13-17-38-18-14-36/h3-5,9,19H,1-2,6-8,10-18H2,(H,28,29)(H2,30,31,32,33,34). The van der Waals surface area contributed by atoms with E-state index in [-0.39, 0.29) is 0 Å². The van der Waals surface area contributed by atoms with Crippen LogP contribution in [0.2, 0.25) is 5.02 Å². The van der Waals surface area contributed by atoms with Gasteiger partial charge in [-0.05, 0) is 43.7 Å². The fourth-order valence-electron chi connectivity index (χ4n) is 4.54. The third-order valence-electron chi connectivity index (χ3n) is 6.61. The van der Waals surface area contributed by atoms with Crippen LogP contribution in [0.1, 0.15) is 12.8 Å². The lowest BCUT2D eigenvalue weighted by Gasteiger charge is -2.27. The zero-order chi connectivity index (χ0) is 26.0. The summed E-state index contributed by atoms with van der Waals surface area (Å²) >= 11 is 6.11. The van der Waals surface area contributed by atoms with Gasteiger partial charge in [0.05, 0.1) is 31.9 Å². The molecule has 204 valence electrons. The number of aromatic nitrogens is 4. The number of ether oxygens (including phenoxy) is 2. The maximum Gasteiger partial charge on any atom is 0.232 e. The van der Waals surface area contributed by atoms with Crippen LogP contribution in [-0.4, -0.2) is 104 Å². The van der Waals surface area contributed by atoms with Crippen LogP contribution >= 0.6 is 11.6 Å². The van der Waals surface area contributed by atoms with Crippen molar-refractivity contribution in [2.45, 2.75) is 12.8 Å². The molecule has 2 saturated heterocycles. The first kappa shape index (κ1) is 26.6. The molecule has 0 atom stereocenters. The lowest BCUT2D eigenvalue weighted by molar-refractivity contribution is 0.0378. The van der Waals surface area contributed by atoms with Crippen molar-refractivity contribution in [3.05, 3.63) is 35.5 Å². The van der Waals surface area contributed by atoms with Crippen molar-refractivity contribution >= 4 is 46.0 Å². The number of fused-ring (bicyclic) bond motifs is 1. The first-order valence-electron chi connectivity index (χ1n) is 13.4. The van der Waals surface area contributed by atoms with Crippen LogP contribution in [-0.2, 0) is 9.47 Å². The molecule has 5 rings (SSSR count). The van der Waals surface area contributed by atoms with Crippen molar-refractivity contribution in [2.75, 3.05) is 99.6 Å². The second kappa shape index (κ2) is 13.7. The zero-order valence-electron chi connectivity index (χ0n) is 21.7. The van der Waals surface area contributed by atoms with E-state index in [9.17, 15) is 0 Å². The monoisotopic (exact) mass is 541 g/mol. The molecule has 4 heterocycles. The molecule has 2 aliphatic heterocycles. The maximum atomic E-state index is 6.11. The van der Waals surface area contributed by atoms with Crippen molar-refractivity contribution in [3.8, 4) is 0 Å². The van der Waals surface area contributed by atoms with Crippen molar-refractivity contribution in [1.82, 2.24) is 24.8 Å². The molecule has 0 amide bonds. The van der Waals surface area contributed by atoms with Crippen LogP contribution in [0, 0.1) is 0 Å². The van der Waals surface area contributed by atoms with Gasteiger partial charge in [-0.2, -0.15) is 15.0 Å². The number of hydrogen-bond donors (Lipinski definition) is 3. The molecule has 3 N–H and O–H groups in total.